The minimum Gasteiger partial charge on any atom is -0.489 e. The Morgan fingerprint density at radius 2 is 1.91 bits per heavy atom. The molecule has 0 bridgehead atoms. The third-order valence-electron chi connectivity index (χ3n) is 6.06. The van der Waals surface area contributed by atoms with Gasteiger partial charge in [0.15, 0.2) is 0 Å². The Morgan fingerprint density at radius 3 is 2.64 bits per heavy atom. The highest BCUT2D eigenvalue weighted by atomic mass is 35.5. The van der Waals surface area contributed by atoms with Crippen molar-refractivity contribution < 1.29 is 9.53 Å². The zero-order valence-corrected chi connectivity index (χ0v) is 19.3. The highest BCUT2D eigenvalue weighted by Crippen LogP contribution is 2.30. The Balaban J connectivity index is 0.00000259. The van der Waals surface area contributed by atoms with Gasteiger partial charge < -0.3 is 14.2 Å². The molecule has 1 aliphatic rings. The van der Waals surface area contributed by atoms with Crippen LogP contribution in [0.1, 0.15) is 23.7 Å². The maximum absolute atomic E-state index is 12.8. The van der Waals surface area contributed by atoms with Gasteiger partial charge in [0.2, 0.25) is 5.91 Å². The Kier molecular flexibility index (Phi) is 6.24. The zero-order valence-electron chi connectivity index (χ0n) is 18.5. The molecule has 0 radical (unpaired) electrons. The van der Waals surface area contributed by atoms with E-state index in [0.717, 1.165) is 28.6 Å². The number of nitrogens with zero attached hydrogens (tertiary/aromatic N) is 4. The van der Waals surface area contributed by atoms with Crippen molar-refractivity contribution in [1.29, 1.82) is 0 Å². The maximum atomic E-state index is 12.8. The molecule has 0 fully saturated rings. The quantitative estimate of drug-likeness (QED) is 0.462. The first-order valence-electron chi connectivity index (χ1n) is 10.6. The van der Waals surface area contributed by atoms with Gasteiger partial charge in [-0.2, -0.15) is 0 Å². The number of amides is 1. The van der Waals surface area contributed by atoms with E-state index >= 15 is 0 Å². The van der Waals surface area contributed by atoms with Crippen molar-refractivity contribution in [3.05, 3.63) is 88.0 Å². The minimum absolute atomic E-state index is 0. The fourth-order valence-electron chi connectivity index (χ4n) is 4.30. The molecule has 4 aromatic rings. The Bertz CT molecular complexity index is 1380. The van der Waals surface area contributed by atoms with Crippen LogP contribution in [-0.4, -0.2) is 31.5 Å². The van der Waals surface area contributed by atoms with Gasteiger partial charge in [-0.25, -0.2) is 4.98 Å². The number of carbonyl (C=O) groups is 1. The fourth-order valence-corrected chi connectivity index (χ4v) is 4.30. The summed E-state index contributed by atoms with van der Waals surface area (Å²) in [4.78, 5) is 31.3. The van der Waals surface area contributed by atoms with Crippen molar-refractivity contribution in [2.24, 2.45) is 7.05 Å². The first-order chi connectivity index (χ1) is 15.5. The van der Waals surface area contributed by atoms with Crippen LogP contribution in [0.15, 0.2) is 65.6 Å². The van der Waals surface area contributed by atoms with E-state index in [4.69, 9.17) is 9.72 Å². The highest BCUT2D eigenvalue weighted by molar-refractivity contribution is 5.85. The van der Waals surface area contributed by atoms with E-state index < -0.39 is 0 Å². The summed E-state index contributed by atoms with van der Waals surface area (Å²) in [6.07, 6.45) is 2.49. The SMILES string of the molecule is CC(=O)N1CCc2c(c3ccc(-n4ccc(OCc5ccccc5)cc4=O)nc3n2C)C1.Cl. The lowest BCUT2D eigenvalue weighted by molar-refractivity contribution is -0.129. The van der Waals surface area contributed by atoms with Gasteiger partial charge in [-0.1, -0.05) is 30.3 Å². The van der Waals surface area contributed by atoms with E-state index in [9.17, 15) is 9.59 Å². The van der Waals surface area contributed by atoms with Crippen LogP contribution < -0.4 is 10.3 Å². The lowest BCUT2D eigenvalue weighted by atomic mass is 10.1. The Morgan fingerprint density at radius 1 is 1.12 bits per heavy atom. The number of ether oxygens (including phenoxy) is 1. The lowest BCUT2D eigenvalue weighted by Crippen LogP contribution is -2.34. The van der Waals surface area contributed by atoms with Crippen LogP contribution in [0.2, 0.25) is 0 Å². The number of benzene rings is 1. The second-order valence-corrected chi connectivity index (χ2v) is 8.06. The molecule has 0 saturated heterocycles. The van der Waals surface area contributed by atoms with Crippen LogP contribution in [0.3, 0.4) is 0 Å². The average molecular weight is 465 g/mol. The van der Waals surface area contributed by atoms with Crippen molar-refractivity contribution in [3.63, 3.8) is 0 Å². The minimum atomic E-state index is -0.205. The summed E-state index contributed by atoms with van der Waals surface area (Å²) in [5.41, 5.74) is 3.98. The Labute approximate surface area is 197 Å². The topological polar surface area (TPSA) is 69.4 Å². The van der Waals surface area contributed by atoms with E-state index in [1.807, 2.05) is 54.4 Å². The number of rotatable bonds is 4. The number of carbonyl (C=O) groups excluding carboxylic acids is 1. The summed E-state index contributed by atoms with van der Waals surface area (Å²) in [5.74, 6) is 1.16. The van der Waals surface area contributed by atoms with Gasteiger partial charge in [0.25, 0.3) is 5.56 Å². The second-order valence-electron chi connectivity index (χ2n) is 8.06. The smallest absolute Gasteiger partial charge is 0.259 e. The standard InChI is InChI=1S/C25H24N4O3.ClH/c1-17(30)28-12-11-22-21(15-28)20-8-9-23(26-25(20)27(22)2)29-13-10-19(14-24(29)31)32-16-18-6-4-3-5-7-18;/h3-10,13-14H,11-12,15-16H2,1-2H3;1H. The van der Waals surface area contributed by atoms with Crippen LogP contribution in [0.4, 0.5) is 0 Å². The molecule has 0 N–H and O–H groups in total. The molecule has 8 heteroatoms. The normalized spacial score (nSPS) is 12.8. The largest absolute Gasteiger partial charge is 0.489 e. The van der Waals surface area contributed by atoms with Crippen molar-refractivity contribution in [3.8, 4) is 11.6 Å². The van der Waals surface area contributed by atoms with Gasteiger partial charge in [0.05, 0.1) is 0 Å². The molecule has 0 atom stereocenters. The van der Waals surface area contributed by atoms with E-state index in [2.05, 4.69) is 4.57 Å². The molecule has 170 valence electrons. The van der Waals surface area contributed by atoms with Crippen LogP contribution in [0, 0.1) is 0 Å². The first kappa shape index (κ1) is 22.6. The fraction of sp³-hybridized carbons (Fsp3) is 0.240. The molecule has 7 nitrogen and oxygen atoms in total. The van der Waals surface area contributed by atoms with E-state index in [0.29, 0.717) is 31.3 Å². The van der Waals surface area contributed by atoms with Gasteiger partial charge in [-0.3, -0.25) is 14.2 Å². The number of aromatic nitrogens is 3. The van der Waals surface area contributed by atoms with Gasteiger partial charge in [-0.05, 0) is 23.8 Å². The molecule has 4 heterocycles. The van der Waals surface area contributed by atoms with Crippen LogP contribution in [0.5, 0.6) is 5.75 Å². The summed E-state index contributed by atoms with van der Waals surface area (Å²) < 4.78 is 9.36. The second kappa shape index (κ2) is 9.11. The van der Waals surface area contributed by atoms with Crippen molar-refractivity contribution >= 4 is 29.3 Å². The predicted octanol–water partition coefficient (Wildman–Crippen LogP) is 3.63. The van der Waals surface area contributed by atoms with E-state index in [1.165, 1.54) is 16.3 Å². The summed E-state index contributed by atoms with van der Waals surface area (Å²) in [7, 11) is 1.99. The number of fused-ring (bicyclic) bond motifs is 3. The highest BCUT2D eigenvalue weighted by Gasteiger charge is 2.25. The molecule has 1 amide bonds. The molecule has 5 rings (SSSR count). The van der Waals surface area contributed by atoms with Gasteiger partial charge in [0, 0.05) is 62.4 Å². The summed E-state index contributed by atoms with van der Waals surface area (Å²) in [6.45, 7) is 3.31. The summed E-state index contributed by atoms with van der Waals surface area (Å²) in [6, 6.07) is 16.9. The van der Waals surface area contributed by atoms with Gasteiger partial charge in [0.1, 0.15) is 23.8 Å². The number of hydrogen-bond acceptors (Lipinski definition) is 4. The van der Waals surface area contributed by atoms with Crippen LogP contribution >= 0.6 is 12.4 Å². The predicted molar refractivity (Wildman–Crippen MR) is 129 cm³/mol. The molecule has 0 aliphatic carbocycles. The molecule has 33 heavy (non-hydrogen) atoms. The molecule has 3 aromatic heterocycles. The molecular weight excluding hydrogens is 440 g/mol. The molecule has 0 spiro atoms. The monoisotopic (exact) mass is 464 g/mol. The molecule has 1 aromatic carbocycles. The molecule has 0 unspecified atom stereocenters. The summed E-state index contributed by atoms with van der Waals surface area (Å²) >= 11 is 0. The van der Waals surface area contributed by atoms with Gasteiger partial charge >= 0.3 is 0 Å². The molecule has 0 saturated carbocycles. The van der Waals surface area contributed by atoms with E-state index in [-0.39, 0.29) is 23.9 Å². The average Bonchev–Trinajstić information content (AvgIpc) is 3.09. The van der Waals surface area contributed by atoms with Crippen LogP contribution in [0.25, 0.3) is 16.9 Å². The molecular formula is C25H25ClN4O3. The zero-order chi connectivity index (χ0) is 22.2. The van der Waals surface area contributed by atoms with Gasteiger partial charge in [-0.15, -0.1) is 12.4 Å². The Hall–Kier alpha value is -3.58. The lowest BCUT2D eigenvalue weighted by Gasteiger charge is -2.26. The number of pyridine rings is 2. The van der Waals surface area contributed by atoms with E-state index in [1.54, 1.807) is 19.2 Å². The number of aryl methyl sites for hydroxylation is 1. The number of hydrogen-bond donors (Lipinski definition) is 0. The van der Waals surface area contributed by atoms with Crippen molar-refractivity contribution in [1.82, 2.24) is 19.0 Å². The van der Waals surface area contributed by atoms with Crippen molar-refractivity contribution in [2.75, 3.05) is 6.54 Å². The third-order valence-corrected chi connectivity index (χ3v) is 6.06. The molecule has 1 aliphatic heterocycles. The maximum Gasteiger partial charge on any atom is 0.259 e. The van der Waals surface area contributed by atoms with Crippen LogP contribution in [-0.2, 0) is 31.4 Å². The summed E-state index contributed by atoms with van der Waals surface area (Å²) in [5, 5.41) is 1.02. The van der Waals surface area contributed by atoms with Crippen molar-refractivity contribution in [2.45, 2.75) is 26.5 Å². The number of halogens is 1. The third kappa shape index (κ3) is 4.24. The first-order valence-corrected chi connectivity index (χ1v) is 10.6.